The van der Waals surface area contributed by atoms with E-state index >= 15 is 0 Å². The van der Waals surface area contributed by atoms with Crippen molar-refractivity contribution in [3.63, 3.8) is 0 Å². The van der Waals surface area contributed by atoms with Gasteiger partial charge in [-0.1, -0.05) is 52.9 Å². The van der Waals surface area contributed by atoms with Crippen molar-refractivity contribution in [3.8, 4) is 0 Å². The predicted octanol–water partition coefficient (Wildman–Crippen LogP) is 3.62. The van der Waals surface area contributed by atoms with Crippen LogP contribution in [0.3, 0.4) is 0 Å². The zero-order valence-corrected chi connectivity index (χ0v) is 11.4. The van der Waals surface area contributed by atoms with Crippen LogP contribution in [0.2, 0.25) is 0 Å². The van der Waals surface area contributed by atoms with E-state index in [1.165, 1.54) is 51.4 Å². The fraction of sp³-hybridized carbons (Fsp3) is 1.00. The molecule has 1 fully saturated rings. The lowest BCUT2D eigenvalue weighted by Gasteiger charge is -2.41. The highest BCUT2D eigenvalue weighted by Gasteiger charge is 2.35. The van der Waals surface area contributed by atoms with Gasteiger partial charge in [0.25, 0.3) is 0 Å². The molecule has 1 atom stereocenters. The van der Waals surface area contributed by atoms with Gasteiger partial charge in [0.1, 0.15) is 0 Å². The minimum atomic E-state index is 0.440. The van der Waals surface area contributed by atoms with E-state index in [9.17, 15) is 0 Å². The van der Waals surface area contributed by atoms with Gasteiger partial charge in [-0.3, -0.25) is 11.3 Å². The normalized spacial score (nSPS) is 22.3. The van der Waals surface area contributed by atoms with Gasteiger partial charge in [-0.05, 0) is 30.6 Å². The summed E-state index contributed by atoms with van der Waals surface area (Å²) in [5.41, 5.74) is 3.55. The summed E-state index contributed by atoms with van der Waals surface area (Å²) in [6, 6.07) is 0.512. The molecule has 0 spiro atoms. The van der Waals surface area contributed by atoms with Crippen molar-refractivity contribution in [2.24, 2.45) is 17.2 Å². The number of hydrogen-bond acceptors (Lipinski definition) is 2. The predicted molar refractivity (Wildman–Crippen MR) is 71.0 cm³/mol. The molecule has 2 nitrogen and oxygen atoms in total. The molecule has 1 saturated carbocycles. The maximum atomic E-state index is 5.80. The molecular formula is C14H30N2. The zero-order valence-electron chi connectivity index (χ0n) is 11.4. The summed E-state index contributed by atoms with van der Waals surface area (Å²) in [7, 11) is 0. The third kappa shape index (κ3) is 3.46. The molecule has 1 unspecified atom stereocenters. The van der Waals surface area contributed by atoms with Gasteiger partial charge in [0.2, 0.25) is 0 Å². The Bertz CT molecular complexity index is 181. The molecule has 0 radical (unpaired) electrons. The van der Waals surface area contributed by atoms with E-state index in [-0.39, 0.29) is 0 Å². The first kappa shape index (κ1) is 14.0. The molecule has 1 aliphatic rings. The standard InChI is InChI=1S/C14H30N2/c1-4-12(5-2)11-13(16-15)14(3)9-7-6-8-10-14/h12-13,16H,4-11,15H2,1-3H3. The Labute approximate surface area is 101 Å². The Balaban J connectivity index is 2.57. The first-order valence-corrected chi connectivity index (χ1v) is 7.12. The average molecular weight is 226 g/mol. The van der Waals surface area contributed by atoms with Crippen molar-refractivity contribution in [2.45, 2.75) is 78.2 Å². The molecule has 0 aromatic carbocycles. The second kappa shape index (κ2) is 6.61. The zero-order chi connectivity index (χ0) is 12.0. The van der Waals surface area contributed by atoms with Gasteiger partial charge in [0.15, 0.2) is 0 Å². The van der Waals surface area contributed by atoms with Crippen molar-refractivity contribution in [3.05, 3.63) is 0 Å². The van der Waals surface area contributed by atoms with Crippen molar-refractivity contribution in [1.82, 2.24) is 5.43 Å². The second-order valence-corrected chi connectivity index (χ2v) is 5.85. The molecule has 0 aromatic heterocycles. The van der Waals surface area contributed by atoms with Gasteiger partial charge in [0.05, 0.1) is 0 Å². The Kier molecular flexibility index (Phi) is 5.77. The molecule has 1 rings (SSSR count). The number of hydrazine groups is 1. The van der Waals surface area contributed by atoms with E-state index in [1.54, 1.807) is 0 Å². The van der Waals surface area contributed by atoms with Gasteiger partial charge in [-0.15, -0.1) is 0 Å². The fourth-order valence-corrected chi connectivity index (χ4v) is 3.22. The van der Waals surface area contributed by atoms with Crippen LogP contribution in [0.5, 0.6) is 0 Å². The van der Waals surface area contributed by atoms with Crippen LogP contribution in [0.1, 0.15) is 72.1 Å². The van der Waals surface area contributed by atoms with Crippen molar-refractivity contribution < 1.29 is 0 Å². The SMILES string of the molecule is CCC(CC)CC(NN)C1(C)CCCCC1. The van der Waals surface area contributed by atoms with Gasteiger partial charge in [0, 0.05) is 6.04 Å². The Morgan fingerprint density at radius 2 is 1.69 bits per heavy atom. The summed E-state index contributed by atoms with van der Waals surface area (Å²) in [5, 5.41) is 0. The lowest BCUT2D eigenvalue weighted by Crippen LogP contribution is -2.48. The summed E-state index contributed by atoms with van der Waals surface area (Å²) in [6.45, 7) is 7.02. The summed E-state index contributed by atoms with van der Waals surface area (Å²) in [5.74, 6) is 6.63. The molecule has 0 aromatic rings. The molecule has 0 aliphatic heterocycles. The quantitative estimate of drug-likeness (QED) is 0.536. The Morgan fingerprint density at radius 3 is 2.12 bits per heavy atom. The average Bonchev–Trinajstić information content (AvgIpc) is 2.31. The molecule has 3 N–H and O–H groups in total. The van der Waals surface area contributed by atoms with E-state index in [4.69, 9.17) is 5.84 Å². The summed E-state index contributed by atoms with van der Waals surface area (Å²) >= 11 is 0. The molecule has 96 valence electrons. The van der Waals surface area contributed by atoms with E-state index < -0.39 is 0 Å². The van der Waals surface area contributed by atoms with Crippen LogP contribution in [0.25, 0.3) is 0 Å². The first-order valence-electron chi connectivity index (χ1n) is 7.12. The van der Waals surface area contributed by atoms with Crippen LogP contribution in [-0.4, -0.2) is 6.04 Å². The van der Waals surface area contributed by atoms with Gasteiger partial charge >= 0.3 is 0 Å². The van der Waals surface area contributed by atoms with E-state index in [1.807, 2.05) is 0 Å². The third-order valence-corrected chi connectivity index (χ3v) is 4.76. The second-order valence-electron chi connectivity index (χ2n) is 5.85. The Morgan fingerprint density at radius 1 is 1.12 bits per heavy atom. The van der Waals surface area contributed by atoms with E-state index in [0.717, 1.165) is 5.92 Å². The van der Waals surface area contributed by atoms with Crippen LogP contribution < -0.4 is 11.3 Å². The third-order valence-electron chi connectivity index (χ3n) is 4.76. The van der Waals surface area contributed by atoms with E-state index in [2.05, 4.69) is 26.2 Å². The molecule has 2 heteroatoms. The number of rotatable bonds is 6. The number of hydrogen-bond donors (Lipinski definition) is 2. The van der Waals surface area contributed by atoms with Crippen molar-refractivity contribution >= 4 is 0 Å². The molecule has 0 saturated heterocycles. The number of nitrogens with two attached hydrogens (primary N) is 1. The van der Waals surface area contributed by atoms with Crippen LogP contribution in [-0.2, 0) is 0 Å². The summed E-state index contributed by atoms with van der Waals surface area (Å²) in [4.78, 5) is 0. The monoisotopic (exact) mass is 226 g/mol. The highest BCUT2D eigenvalue weighted by Crippen LogP contribution is 2.40. The van der Waals surface area contributed by atoms with Gasteiger partial charge < -0.3 is 0 Å². The smallest absolute Gasteiger partial charge is 0.0266 e. The highest BCUT2D eigenvalue weighted by molar-refractivity contribution is 4.89. The fourth-order valence-electron chi connectivity index (χ4n) is 3.22. The Hall–Kier alpha value is -0.0800. The largest absolute Gasteiger partial charge is 0.271 e. The minimum Gasteiger partial charge on any atom is -0.271 e. The molecule has 1 aliphatic carbocycles. The maximum Gasteiger partial charge on any atom is 0.0266 e. The lowest BCUT2D eigenvalue weighted by atomic mass is 9.68. The van der Waals surface area contributed by atoms with Crippen LogP contribution in [0.4, 0.5) is 0 Å². The highest BCUT2D eigenvalue weighted by atomic mass is 15.2. The first-order chi connectivity index (χ1) is 7.66. The summed E-state index contributed by atoms with van der Waals surface area (Å²) < 4.78 is 0. The molecule has 0 bridgehead atoms. The van der Waals surface area contributed by atoms with Crippen LogP contribution in [0.15, 0.2) is 0 Å². The van der Waals surface area contributed by atoms with E-state index in [0.29, 0.717) is 11.5 Å². The minimum absolute atomic E-state index is 0.440. The van der Waals surface area contributed by atoms with Crippen molar-refractivity contribution in [1.29, 1.82) is 0 Å². The molecule has 0 heterocycles. The van der Waals surface area contributed by atoms with Gasteiger partial charge in [-0.25, -0.2) is 0 Å². The molecule has 0 amide bonds. The van der Waals surface area contributed by atoms with Gasteiger partial charge in [-0.2, -0.15) is 0 Å². The summed E-state index contributed by atoms with van der Waals surface area (Å²) in [6.07, 6.45) is 10.7. The topological polar surface area (TPSA) is 38.0 Å². The van der Waals surface area contributed by atoms with Crippen LogP contribution in [0, 0.1) is 11.3 Å². The lowest BCUT2D eigenvalue weighted by molar-refractivity contribution is 0.123. The van der Waals surface area contributed by atoms with Crippen LogP contribution >= 0.6 is 0 Å². The maximum absolute atomic E-state index is 5.80. The number of nitrogens with one attached hydrogen (secondary N) is 1. The molecule has 16 heavy (non-hydrogen) atoms. The van der Waals surface area contributed by atoms with Crippen molar-refractivity contribution in [2.75, 3.05) is 0 Å². The molecular weight excluding hydrogens is 196 g/mol.